The van der Waals surface area contributed by atoms with Crippen molar-refractivity contribution in [2.24, 2.45) is 0 Å². The summed E-state index contributed by atoms with van der Waals surface area (Å²) in [6.07, 6.45) is 2.99. The molecule has 8 heteroatoms. The van der Waals surface area contributed by atoms with Crippen LogP contribution in [0.4, 0.5) is 4.39 Å². The normalized spacial score (nSPS) is 17.6. The number of hydrogen-bond donors (Lipinski definition) is 0. The van der Waals surface area contributed by atoms with E-state index in [1.807, 2.05) is 6.07 Å². The van der Waals surface area contributed by atoms with Crippen LogP contribution in [0.15, 0.2) is 45.8 Å². The molecule has 2 aromatic carbocycles. The van der Waals surface area contributed by atoms with Crippen LogP contribution in [-0.4, -0.2) is 49.7 Å². The predicted octanol–water partition coefficient (Wildman–Crippen LogP) is 3.22. The second-order valence-corrected chi connectivity index (χ2v) is 9.99. The summed E-state index contributed by atoms with van der Waals surface area (Å²) in [5.74, 6) is -0.787. The summed E-state index contributed by atoms with van der Waals surface area (Å²) in [4.78, 5) is 14.5. The number of halogens is 2. The van der Waals surface area contributed by atoms with Crippen LogP contribution in [-0.2, 0) is 22.9 Å². The fourth-order valence-corrected chi connectivity index (χ4v) is 5.79. The molecule has 0 atom stereocenters. The highest BCUT2D eigenvalue weighted by Gasteiger charge is 2.31. The second kappa shape index (κ2) is 7.57. The van der Waals surface area contributed by atoms with Crippen LogP contribution in [0.1, 0.15) is 27.9 Å². The largest absolute Gasteiger partial charge is 0.336 e. The fourth-order valence-electron chi connectivity index (χ4n) is 3.85. The average molecular weight is 467 g/mol. The number of hydrogen-bond acceptors (Lipinski definition) is 3. The lowest BCUT2D eigenvalue weighted by atomic mass is 10.1. The summed E-state index contributed by atoms with van der Waals surface area (Å²) in [7, 11) is -3.58. The quantitative estimate of drug-likeness (QED) is 0.697. The lowest BCUT2D eigenvalue weighted by Gasteiger charge is -2.34. The van der Waals surface area contributed by atoms with Crippen molar-refractivity contribution in [3.63, 3.8) is 0 Å². The Morgan fingerprint density at radius 3 is 2.39 bits per heavy atom. The van der Waals surface area contributed by atoms with E-state index in [2.05, 4.69) is 15.9 Å². The zero-order valence-corrected chi connectivity index (χ0v) is 17.6. The number of carbonyl (C=O) groups excluding carboxylic acids is 1. The third-order valence-corrected chi connectivity index (χ3v) is 7.70. The predicted molar refractivity (Wildman–Crippen MR) is 107 cm³/mol. The molecule has 0 radical (unpaired) electrons. The molecule has 0 spiro atoms. The van der Waals surface area contributed by atoms with Crippen molar-refractivity contribution in [1.29, 1.82) is 0 Å². The highest BCUT2D eigenvalue weighted by Crippen LogP contribution is 2.27. The van der Waals surface area contributed by atoms with Gasteiger partial charge in [-0.15, -0.1) is 0 Å². The van der Waals surface area contributed by atoms with Gasteiger partial charge in [-0.3, -0.25) is 4.79 Å². The van der Waals surface area contributed by atoms with Gasteiger partial charge in [0.15, 0.2) is 0 Å². The number of sulfonamides is 1. The van der Waals surface area contributed by atoms with Gasteiger partial charge in [0.05, 0.1) is 4.90 Å². The van der Waals surface area contributed by atoms with E-state index in [0.717, 1.165) is 24.8 Å². The number of carbonyl (C=O) groups is 1. The Morgan fingerprint density at radius 1 is 0.964 bits per heavy atom. The minimum absolute atomic E-state index is 0.224. The van der Waals surface area contributed by atoms with Gasteiger partial charge in [-0.25, -0.2) is 12.8 Å². The fraction of sp³-hybridized carbons (Fsp3) is 0.350. The zero-order valence-electron chi connectivity index (χ0n) is 15.2. The molecule has 1 heterocycles. The summed E-state index contributed by atoms with van der Waals surface area (Å²) in [6.45, 7) is 0.998. The number of rotatable bonds is 3. The van der Waals surface area contributed by atoms with Gasteiger partial charge in [-0.05, 0) is 60.7 Å². The van der Waals surface area contributed by atoms with Crippen LogP contribution in [0.3, 0.4) is 0 Å². The maximum atomic E-state index is 13.6. The number of amides is 1. The Morgan fingerprint density at radius 2 is 1.68 bits per heavy atom. The van der Waals surface area contributed by atoms with Crippen molar-refractivity contribution >= 4 is 31.9 Å². The van der Waals surface area contributed by atoms with Gasteiger partial charge in [0, 0.05) is 36.2 Å². The molecule has 1 fully saturated rings. The van der Waals surface area contributed by atoms with Gasteiger partial charge < -0.3 is 4.90 Å². The molecule has 0 bridgehead atoms. The molecular weight excluding hydrogens is 447 g/mol. The lowest BCUT2D eigenvalue weighted by molar-refractivity contribution is 0.0697. The van der Waals surface area contributed by atoms with E-state index in [0.29, 0.717) is 9.37 Å². The molecule has 2 aliphatic rings. The van der Waals surface area contributed by atoms with E-state index in [-0.39, 0.29) is 37.6 Å². The molecule has 1 aliphatic carbocycles. The number of benzene rings is 2. The molecule has 0 unspecified atom stereocenters. The number of fused-ring (bicyclic) bond motifs is 1. The molecular formula is C20H20BrFN2O3S. The Labute approximate surface area is 172 Å². The van der Waals surface area contributed by atoms with E-state index in [1.165, 1.54) is 22.0 Å². The molecule has 28 heavy (non-hydrogen) atoms. The number of piperazine rings is 1. The lowest BCUT2D eigenvalue weighted by Crippen LogP contribution is -2.50. The Bertz CT molecular complexity index is 1010. The van der Waals surface area contributed by atoms with Crippen molar-refractivity contribution in [3.8, 4) is 0 Å². The van der Waals surface area contributed by atoms with E-state index in [1.54, 1.807) is 23.1 Å². The van der Waals surface area contributed by atoms with Crippen LogP contribution < -0.4 is 0 Å². The van der Waals surface area contributed by atoms with Crippen LogP contribution in [0.25, 0.3) is 0 Å². The smallest absolute Gasteiger partial charge is 0.254 e. The van der Waals surface area contributed by atoms with Gasteiger partial charge >= 0.3 is 0 Å². The summed E-state index contributed by atoms with van der Waals surface area (Å²) in [5, 5.41) is 0. The average Bonchev–Trinajstić information content (AvgIpc) is 3.14. The molecule has 1 saturated heterocycles. The van der Waals surface area contributed by atoms with E-state index in [9.17, 15) is 17.6 Å². The summed E-state index contributed by atoms with van der Waals surface area (Å²) < 4.78 is 41.5. The van der Waals surface area contributed by atoms with Crippen molar-refractivity contribution in [1.82, 2.24) is 9.21 Å². The maximum absolute atomic E-state index is 13.6. The van der Waals surface area contributed by atoms with Crippen molar-refractivity contribution in [2.45, 2.75) is 24.2 Å². The van der Waals surface area contributed by atoms with Crippen molar-refractivity contribution in [3.05, 3.63) is 63.4 Å². The van der Waals surface area contributed by atoms with Gasteiger partial charge in [0.25, 0.3) is 5.91 Å². The number of nitrogens with zero attached hydrogens (tertiary/aromatic N) is 2. The minimum Gasteiger partial charge on any atom is -0.336 e. The molecule has 4 rings (SSSR count). The second-order valence-electron chi connectivity index (χ2n) is 7.14. The standard InChI is InChI=1S/C20H20BrFN2O3S/c21-17-10-16(11-18(22)13-17)20(25)23-6-8-24(9-7-23)28(26,27)19-5-4-14-2-1-3-15(14)12-19/h4-5,10-13H,1-3,6-9H2. The molecule has 0 saturated carbocycles. The van der Waals surface area contributed by atoms with E-state index in [4.69, 9.17) is 0 Å². The van der Waals surface area contributed by atoms with Crippen LogP contribution in [0, 0.1) is 5.82 Å². The third-order valence-electron chi connectivity index (χ3n) is 5.34. The Kier molecular flexibility index (Phi) is 5.28. The Hall–Kier alpha value is -1.77. The highest BCUT2D eigenvalue weighted by molar-refractivity contribution is 9.10. The first kappa shape index (κ1) is 19.5. The van der Waals surface area contributed by atoms with Crippen molar-refractivity contribution in [2.75, 3.05) is 26.2 Å². The summed E-state index contributed by atoms with van der Waals surface area (Å²) >= 11 is 3.19. The van der Waals surface area contributed by atoms with Gasteiger partial charge in [0.2, 0.25) is 10.0 Å². The first-order chi connectivity index (χ1) is 13.3. The molecule has 148 valence electrons. The molecule has 0 N–H and O–H groups in total. The Balaban J connectivity index is 1.47. The molecule has 1 aliphatic heterocycles. The minimum atomic E-state index is -3.58. The molecule has 2 aromatic rings. The maximum Gasteiger partial charge on any atom is 0.254 e. The van der Waals surface area contributed by atoms with E-state index >= 15 is 0 Å². The van der Waals surface area contributed by atoms with Crippen LogP contribution in [0.2, 0.25) is 0 Å². The monoisotopic (exact) mass is 466 g/mol. The van der Waals surface area contributed by atoms with Crippen molar-refractivity contribution < 1.29 is 17.6 Å². The van der Waals surface area contributed by atoms with Crippen LogP contribution in [0.5, 0.6) is 0 Å². The van der Waals surface area contributed by atoms with Gasteiger partial charge in [-0.1, -0.05) is 22.0 Å². The van der Waals surface area contributed by atoms with Gasteiger partial charge in [0.1, 0.15) is 5.82 Å². The topological polar surface area (TPSA) is 57.7 Å². The first-order valence-electron chi connectivity index (χ1n) is 9.22. The van der Waals surface area contributed by atoms with E-state index < -0.39 is 15.8 Å². The molecule has 1 amide bonds. The number of aryl methyl sites for hydroxylation is 2. The molecule has 5 nitrogen and oxygen atoms in total. The first-order valence-corrected chi connectivity index (χ1v) is 11.5. The third kappa shape index (κ3) is 3.73. The SMILES string of the molecule is O=C(c1cc(F)cc(Br)c1)N1CCN(S(=O)(=O)c2ccc3c(c2)CCC3)CC1. The summed E-state index contributed by atoms with van der Waals surface area (Å²) in [6, 6.07) is 9.44. The van der Waals surface area contributed by atoms with Gasteiger partial charge in [-0.2, -0.15) is 4.31 Å². The zero-order chi connectivity index (χ0) is 19.9. The molecule has 0 aromatic heterocycles. The highest BCUT2D eigenvalue weighted by atomic mass is 79.9. The van der Waals surface area contributed by atoms with Crippen LogP contribution >= 0.6 is 15.9 Å². The summed E-state index contributed by atoms with van der Waals surface area (Å²) in [5.41, 5.74) is 2.60.